The van der Waals surface area contributed by atoms with Crippen molar-refractivity contribution in [3.05, 3.63) is 24.3 Å². The van der Waals surface area contributed by atoms with E-state index in [1.165, 1.54) is 31.4 Å². The van der Waals surface area contributed by atoms with Gasteiger partial charge in [-0.15, -0.1) is 0 Å². The van der Waals surface area contributed by atoms with Crippen LogP contribution in [0.5, 0.6) is 5.75 Å². The maximum atomic E-state index is 12.6. The van der Waals surface area contributed by atoms with Gasteiger partial charge in [0.1, 0.15) is 18.3 Å². The number of sulfonamides is 1. The average molecular weight is 372 g/mol. The third-order valence-corrected chi connectivity index (χ3v) is 5.06. The Morgan fingerprint density at radius 1 is 1.24 bits per heavy atom. The summed E-state index contributed by atoms with van der Waals surface area (Å²) in [5.74, 6) is -1.58. The molecule has 0 fully saturated rings. The monoisotopic (exact) mass is 372 g/mol. The van der Waals surface area contributed by atoms with E-state index in [1.807, 2.05) is 0 Å². The van der Waals surface area contributed by atoms with Gasteiger partial charge in [0.15, 0.2) is 0 Å². The highest BCUT2D eigenvalue weighted by atomic mass is 32.2. The first-order valence-corrected chi connectivity index (χ1v) is 9.27. The predicted molar refractivity (Wildman–Crippen MR) is 91.8 cm³/mol. The zero-order valence-corrected chi connectivity index (χ0v) is 15.5. The largest absolute Gasteiger partial charge is 0.497 e. The van der Waals surface area contributed by atoms with Gasteiger partial charge in [0.25, 0.3) is 0 Å². The van der Waals surface area contributed by atoms with E-state index in [0.717, 1.165) is 4.90 Å². The molecule has 1 amide bonds. The minimum atomic E-state index is -3.95. The number of rotatable bonds is 9. The number of ether oxygens (including phenoxy) is 1. The van der Waals surface area contributed by atoms with Crippen molar-refractivity contribution in [2.24, 2.45) is 5.92 Å². The summed E-state index contributed by atoms with van der Waals surface area (Å²) in [6.45, 7) is 4.69. The lowest BCUT2D eigenvalue weighted by molar-refractivity contribution is -0.145. The van der Waals surface area contributed by atoms with Crippen LogP contribution in [-0.2, 0) is 19.6 Å². The van der Waals surface area contributed by atoms with E-state index in [1.54, 1.807) is 20.8 Å². The predicted octanol–water partition coefficient (Wildman–Crippen LogP) is 0.931. The van der Waals surface area contributed by atoms with Crippen molar-refractivity contribution in [3.63, 3.8) is 0 Å². The number of aliphatic carboxylic acids is 1. The fourth-order valence-corrected chi connectivity index (χ4v) is 3.51. The molecule has 0 bridgehead atoms. The van der Waals surface area contributed by atoms with Gasteiger partial charge in [-0.25, -0.2) is 8.42 Å². The van der Waals surface area contributed by atoms with Gasteiger partial charge in [0.2, 0.25) is 15.9 Å². The summed E-state index contributed by atoms with van der Waals surface area (Å²) >= 11 is 0. The highest BCUT2D eigenvalue weighted by Crippen LogP contribution is 2.17. The van der Waals surface area contributed by atoms with Crippen LogP contribution in [0.15, 0.2) is 29.2 Å². The number of carboxylic acids is 1. The molecule has 25 heavy (non-hydrogen) atoms. The van der Waals surface area contributed by atoms with Crippen LogP contribution in [0.4, 0.5) is 0 Å². The number of nitrogens with zero attached hydrogens (tertiary/aromatic N) is 1. The van der Waals surface area contributed by atoms with E-state index in [2.05, 4.69) is 4.72 Å². The van der Waals surface area contributed by atoms with Gasteiger partial charge < -0.3 is 14.7 Å². The molecule has 9 heteroatoms. The average Bonchev–Trinajstić information content (AvgIpc) is 2.56. The van der Waals surface area contributed by atoms with Crippen LogP contribution in [0.3, 0.4) is 0 Å². The number of benzene rings is 1. The standard InChI is InChI=1S/C16H24N2O6S/c1-5-18(10-14(19)20)16(21)15(11(2)3)17-25(22,23)13-8-6-12(24-4)7-9-13/h6-9,11,15,17H,5,10H2,1-4H3,(H,19,20). The smallest absolute Gasteiger partial charge is 0.323 e. The molecule has 0 aliphatic rings. The number of carbonyl (C=O) groups excluding carboxylic acids is 1. The van der Waals surface area contributed by atoms with Gasteiger partial charge in [-0.05, 0) is 37.1 Å². The number of methoxy groups -OCH3 is 1. The number of amides is 1. The molecule has 0 aromatic heterocycles. The Bertz CT molecular complexity index is 700. The second-order valence-corrected chi connectivity index (χ2v) is 7.48. The first-order valence-electron chi connectivity index (χ1n) is 7.79. The molecule has 1 unspecified atom stereocenters. The molecular formula is C16H24N2O6S. The third-order valence-electron chi connectivity index (χ3n) is 3.60. The number of carbonyl (C=O) groups is 2. The maximum Gasteiger partial charge on any atom is 0.323 e. The molecule has 8 nitrogen and oxygen atoms in total. The van der Waals surface area contributed by atoms with E-state index in [9.17, 15) is 18.0 Å². The Morgan fingerprint density at radius 2 is 1.80 bits per heavy atom. The number of carboxylic acid groups (broad SMARTS) is 1. The summed E-state index contributed by atoms with van der Waals surface area (Å²) in [4.78, 5) is 24.6. The minimum absolute atomic E-state index is 0.00645. The lowest BCUT2D eigenvalue weighted by atomic mass is 10.0. The first-order chi connectivity index (χ1) is 11.6. The zero-order valence-electron chi connectivity index (χ0n) is 14.7. The first kappa shape index (κ1) is 20.9. The fraction of sp³-hybridized carbons (Fsp3) is 0.500. The summed E-state index contributed by atoms with van der Waals surface area (Å²) in [5, 5.41) is 8.90. The van der Waals surface area contributed by atoms with Crippen LogP contribution in [0.25, 0.3) is 0 Å². The van der Waals surface area contributed by atoms with E-state index >= 15 is 0 Å². The van der Waals surface area contributed by atoms with Crippen molar-refractivity contribution in [1.29, 1.82) is 0 Å². The summed E-state index contributed by atoms with van der Waals surface area (Å²) in [6, 6.07) is 4.69. The van der Waals surface area contributed by atoms with Gasteiger partial charge in [-0.3, -0.25) is 9.59 Å². The lowest BCUT2D eigenvalue weighted by Gasteiger charge is -2.27. The second-order valence-electron chi connectivity index (χ2n) is 5.76. The van der Waals surface area contributed by atoms with Crippen LogP contribution < -0.4 is 9.46 Å². The van der Waals surface area contributed by atoms with Gasteiger partial charge in [-0.1, -0.05) is 13.8 Å². The molecule has 0 radical (unpaired) electrons. The Balaban J connectivity index is 3.06. The van der Waals surface area contributed by atoms with Crippen molar-refractivity contribution in [2.75, 3.05) is 20.2 Å². The van der Waals surface area contributed by atoms with Crippen LogP contribution in [0.1, 0.15) is 20.8 Å². The van der Waals surface area contributed by atoms with E-state index in [4.69, 9.17) is 9.84 Å². The molecule has 0 aliphatic heterocycles. The number of hydrogen-bond donors (Lipinski definition) is 2. The van der Waals surface area contributed by atoms with E-state index in [0.29, 0.717) is 5.75 Å². The van der Waals surface area contributed by atoms with Crippen LogP contribution in [0, 0.1) is 5.92 Å². The molecule has 0 aliphatic carbocycles. The number of hydrogen-bond acceptors (Lipinski definition) is 5. The fourth-order valence-electron chi connectivity index (χ4n) is 2.17. The van der Waals surface area contributed by atoms with Crippen LogP contribution >= 0.6 is 0 Å². The van der Waals surface area contributed by atoms with Crippen molar-refractivity contribution < 1.29 is 27.9 Å². The SMILES string of the molecule is CCN(CC(=O)O)C(=O)C(NS(=O)(=O)c1ccc(OC)cc1)C(C)C. The topological polar surface area (TPSA) is 113 Å². The van der Waals surface area contributed by atoms with Crippen molar-refractivity contribution in [2.45, 2.75) is 31.7 Å². The molecule has 140 valence electrons. The Morgan fingerprint density at radius 3 is 2.20 bits per heavy atom. The van der Waals surface area contributed by atoms with Crippen molar-refractivity contribution in [3.8, 4) is 5.75 Å². The molecule has 1 atom stereocenters. The number of likely N-dealkylation sites (N-methyl/N-ethyl adjacent to an activating group) is 1. The summed E-state index contributed by atoms with van der Waals surface area (Å²) < 4.78 is 32.5. The summed E-state index contributed by atoms with van der Waals surface area (Å²) in [7, 11) is -2.48. The summed E-state index contributed by atoms with van der Waals surface area (Å²) in [5.41, 5.74) is 0. The molecule has 1 rings (SSSR count). The van der Waals surface area contributed by atoms with Gasteiger partial charge >= 0.3 is 5.97 Å². The zero-order chi connectivity index (χ0) is 19.2. The molecule has 1 aromatic carbocycles. The molecule has 1 aromatic rings. The number of nitrogens with one attached hydrogen (secondary N) is 1. The molecule has 2 N–H and O–H groups in total. The van der Waals surface area contributed by atoms with Gasteiger partial charge in [0, 0.05) is 6.54 Å². The third kappa shape index (κ3) is 5.71. The summed E-state index contributed by atoms with van der Waals surface area (Å²) in [6.07, 6.45) is 0. The minimum Gasteiger partial charge on any atom is -0.497 e. The molecule has 0 heterocycles. The maximum absolute atomic E-state index is 12.6. The second kappa shape index (κ2) is 8.82. The van der Waals surface area contributed by atoms with Crippen molar-refractivity contribution in [1.82, 2.24) is 9.62 Å². The van der Waals surface area contributed by atoms with E-state index in [-0.39, 0.29) is 17.4 Å². The quantitative estimate of drug-likeness (QED) is 0.667. The van der Waals surface area contributed by atoms with Crippen molar-refractivity contribution >= 4 is 21.9 Å². The Hall–Kier alpha value is -2.13. The molecule has 0 spiro atoms. The van der Waals surface area contributed by atoms with Crippen LogP contribution in [0.2, 0.25) is 0 Å². The van der Waals surface area contributed by atoms with E-state index < -0.39 is 34.5 Å². The Kier molecular flexibility index (Phi) is 7.38. The van der Waals surface area contributed by atoms with Gasteiger partial charge in [-0.2, -0.15) is 4.72 Å². The highest BCUT2D eigenvalue weighted by Gasteiger charge is 2.31. The lowest BCUT2D eigenvalue weighted by Crippen LogP contribution is -2.52. The molecular weight excluding hydrogens is 348 g/mol. The normalized spacial score (nSPS) is 12.7. The Labute approximate surface area is 147 Å². The molecule has 0 saturated heterocycles. The molecule has 0 saturated carbocycles. The highest BCUT2D eigenvalue weighted by molar-refractivity contribution is 7.89. The van der Waals surface area contributed by atoms with Crippen LogP contribution in [-0.4, -0.2) is 56.5 Å². The van der Waals surface area contributed by atoms with Gasteiger partial charge in [0.05, 0.1) is 12.0 Å².